The van der Waals surface area contributed by atoms with E-state index in [1.807, 2.05) is 0 Å². The molecule has 1 saturated heterocycles. The molecule has 1 amide bonds. The Morgan fingerprint density at radius 1 is 1.08 bits per heavy atom. The van der Waals surface area contributed by atoms with E-state index in [0.29, 0.717) is 18.4 Å². The molecule has 4 rings (SSSR count). The van der Waals surface area contributed by atoms with Crippen LogP contribution in [0.4, 0.5) is 0 Å². The van der Waals surface area contributed by atoms with Gasteiger partial charge in [-0.05, 0) is 49.3 Å². The number of hydrogen-bond acceptors (Lipinski definition) is 4. The lowest BCUT2D eigenvalue weighted by Crippen LogP contribution is -2.45. The van der Waals surface area contributed by atoms with Crippen molar-refractivity contribution in [1.82, 2.24) is 15.1 Å². The molecule has 1 aromatic rings. The van der Waals surface area contributed by atoms with Crippen LogP contribution in [0.15, 0.2) is 24.3 Å². The molecule has 142 valence electrons. The van der Waals surface area contributed by atoms with Crippen LogP contribution in [0.5, 0.6) is 0 Å². The third-order valence-corrected chi connectivity index (χ3v) is 6.78. The number of likely N-dealkylation sites (N-methyl/N-ethyl adjacent to an activating group) is 1. The van der Waals surface area contributed by atoms with Gasteiger partial charge in [-0.1, -0.05) is 24.3 Å². The molecule has 3 fully saturated rings. The zero-order valence-electron chi connectivity index (χ0n) is 15.9. The smallest absolute Gasteiger partial charge is 0.225 e. The van der Waals surface area contributed by atoms with Crippen molar-refractivity contribution in [2.45, 2.75) is 38.4 Å². The first-order valence-electron chi connectivity index (χ1n) is 10.1. The Hall–Kier alpha value is -1.43. The molecule has 1 aromatic carbocycles. The summed E-state index contributed by atoms with van der Waals surface area (Å²) in [6.07, 6.45) is 3.54. The average Bonchev–Trinajstić information content (AvgIpc) is 3.24. The van der Waals surface area contributed by atoms with Gasteiger partial charge in [0.05, 0.1) is 5.92 Å². The molecule has 3 aliphatic rings. The van der Waals surface area contributed by atoms with Gasteiger partial charge in [0.2, 0.25) is 5.91 Å². The normalized spacial score (nSPS) is 32.1. The van der Waals surface area contributed by atoms with Crippen molar-refractivity contribution in [2.24, 2.45) is 23.5 Å². The Kier molecular flexibility index (Phi) is 5.30. The van der Waals surface area contributed by atoms with Gasteiger partial charge in [-0.3, -0.25) is 9.69 Å². The summed E-state index contributed by atoms with van der Waals surface area (Å²) in [4.78, 5) is 17.5. The van der Waals surface area contributed by atoms with Crippen LogP contribution >= 0.6 is 0 Å². The second kappa shape index (κ2) is 7.67. The summed E-state index contributed by atoms with van der Waals surface area (Å²) < 4.78 is 0. The third-order valence-electron chi connectivity index (χ3n) is 6.78. The number of amides is 1. The monoisotopic (exact) mass is 356 g/mol. The van der Waals surface area contributed by atoms with Crippen LogP contribution in [0.25, 0.3) is 0 Å². The van der Waals surface area contributed by atoms with E-state index in [9.17, 15) is 4.79 Å². The van der Waals surface area contributed by atoms with Crippen molar-refractivity contribution >= 4 is 5.91 Å². The average molecular weight is 357 g/mol. The lowest BCUT2D eigenvalue weighted by molar-refractivity contribution is -0.127. The van der Waals surface area contributed by atoms with Crippen molar-refractivity contribution in [3.63, 3.8) is 0 Å². The summed E-state index contributed by atoms with van der Waals surface area (Å²) in [6, 6.07) is 8.75. The molecule has 1 heterocycles. The third kappa shape index (κ3) is 3.80. The van der Waals surface area contributed by atoms with Crippen LogP contribution in [-0.4, -0.2) is 55.0 Å². The molecule has 0 radical (unpaired) electrons. The topological polar surface area (TPSA) is 61.6 Å². The van der Waals surface area contributed by atoms with Gasteiger partial charge in [-0.15, -0.1) is 0 Å². The lowest BCUT2D eigenvalue weighted by atomic mass is 9.84. The number of nitrogens with zero attached hydrogens (tertiary/aromatic N) is 2. The number of benzene rings is 1. The predicted molar refractivity (Wildman–Crippen MR) is 103 cm³/mol. The Morgan fingerprint density at radius 2 is 1.73 bits per heavy atom. The number of fused-ring (bicyclic) bond motifs is 2. The lowest BCUT2D eigenvalue weighted by Gasteiger charge is -2.32. The second-order valence-corrected chi connectivity index (χ2v) is 8.55. The summed E-state index contributed by atoms with van der Waals surface area (Å²) in [5.74, 6) is 1.28. The summed E-state index contributed by atoms with van der Waals surface area (Å²) in [7, 11) is 2.18. The summed E-state index contributed by atoms with van der Waals surface area (Å²) in [5, 5.41) is 3.13. The van der Waals surface area contributed by atoms with Gasteiger partial charge in [0.1, 0.15) is 0 Å². The van der Waals surface area contributed by atoms with E-state index in [4.69, 9.17) is 5.73 Å². The fourth-order valence-electron chi connectivity index (χ4n) is 5.06. The Balaban J connectivity index is 1.26. The number of rotatable bonds is 5. The maximum absolute atomic E-state index is 12.6. The van der Waals surface area contributed by atoms with Crippen molar-refractivity contribution in [1.29, 1.82) is 0 Å². The number of hydrogen-bond donors (Lipinski definition) is 2. The van der Waals surface area contributed by atoms with Gasteiger partial charge in [-0.25, -0.2) is 0 Å². The molecule has 2 aliphatic carbocycles. The van der Waals surface area contributed by atoms with E-state index in [2.05, 4.69) is 46.4 Å². The first-order valence-corrected chi connectivity index (χ1v) is 10.1. The maximum atomic E-state index is 12.6. The van der Waals surface area contributed by atoms with Crippen LogP contribution in [0.1, 0.15) is 30.4 Å². The highest BCUT2D eigenvalue weighted by Gasteiger charge is 2.48. The van der Waals surface area contributed by atoms with Gasteiger partial charge >= 0.3 is 0 Å². The van der Waals surface area contributed by atoms with E-state index in [0.717, 1.165) is 44.7 Å². The maximum Gasteiger partial charge on any atom is 0.225 e. The van der Waals surface area contributed by atoms with Crippen LogP contribution in [0, 0.1) is 17.8 Å². The zero-order valence-corrected chi connectivity index (χ0v) is 15.9. The van der Waals surface area contributed by atoms with E-state index in [1.165, 1.54) is 18.4 Å². The van der Waals surface area contributed by atoms with E-state index in [1.54, 1.807) is 0 Å². The molecule has 1 aliphatic heterocycles. The minimum Gasteiger partial charge on any atom is -0.352 e. The van der Waals surface area contributed by atoms with Crippen LogP contribution in [-0.2, 0) is 17.9 Å². The fraction of sp³-hybridized carbons (Fsp3) is 0.667. The predicted octanol–water partition coefficient (Wildman–Crippen LogP) is 1.42. The molecule has 3 N–H and O–H groups in total. The standard InChI is InChI=1S/C21H32N4O/c1-24-8-10-25(11-9-24)14-16-4-2-15(3-5-16)13-23-21(26)19-17-6-7-18(12-17)20(19)22/h2-5,17-20H,6-14,22H2,1H3,(H,23,26). The van der Waals surface area contributed by atoms with Gasteiger partial charge in [-0.2, -0.15) is 0 Å². The van der Waals surface area contributed by atoms with Gasteiger partial charge < -0.3 is 16.0 Å². The number of piperazine rings is 1. The minimum absolute atomic E-state index is 0.0326. The molecule has 2 bridgehead atoms. The number of nitrogens with two attached hydrogens (primary N) is 1. The van der Waals surface area contributed by atoms with E-state index in [-0.39, 0.29) is 17.9 Å². The Bertz CT molecular complexity index is 621. The van der Waals surface area contributed by atoms with Crippen LogP contribution in [0.2, 0.25) is 0 Å². The van der Waals surface area contributed by atoms with Gasteiger partial charge in [0.15, 0.2) is 0 Å². The largest absolute Gasteiger partial charge is 0.352 e. The van der Waals surface area contributed by atoms with Crippen LogP contribution < -0.4 is 11.1 Å². The Morgan fingerprint density at radius 3 is 2.38 bits per heavy atom. The summed E-state index contributed by atoms with van der Waals surface area (Å²) in [6.45, 7) is 6.19. The molecule has 5 heteroatoms. The molecular formula is C21H32N4O. The van der Waals surface area contributed by atoms with Gasteiger partial charge in [0.25, 0.3) is 0 Å². The summed E-state index contributed by atoms with van der Waals surface area (Å²) >= 11 is 0. The SMILES string of the molecule is CN1CCN(Cc2ccc(CNC(=O)C3C4CCC(C4)C3N)cc2)CC1. The molecule has 4 atom stereocenters. The van der Waals surface area contributed by atoms with Gasteiger partial charge in [0, 0.05) is 45.3 Å². The highest BCUT2D eigenvalue weighted by molar-refractivity contribution is 5.80. The molecule has 0 aromatic heterocycles. The zero-order chi connectivity index (χ0) is 18.1. The fourth-order valence-corrected chi connectivity index (χ4v) is 5.06. The second-order valence-electron chi connectivity index (χ2n) is 8.55. The van der Waals surface area contributed by atoms with Crippen molar-refractivity contribution in [3.8, 4) is 0 Å². The Labute approximate surface area is 156 Å². The van der Waals surface area contributed by atoms with Crippen molar-refractivity contribution in [3.05, 3.63) is 35.4 Å². The van der Waals surface area contributed by atoms with Crippen molar-refractivity contribution in [2.75, 3.05) is 33.2 Å². The molecule has 5 nitrogen and oxygen atoms in total. The highest BCUT2D eigenvalue weighted by atomic mass is 16.1. The first kappa shape index (κ1) is 18.0. The molecular weight excluding hydrogens is 324 g/mol. The first-order chi connectivity index (χ1) is 12.6. The molecule has 26 heavy (non-hydrogen) atoms. The number of carbonyl (C=O) groups excluding carboxylic acids is 1. The van der Waals surface area contributed by atoms with Crippen LogP contribution in [0.3, 0.4) is 0 Å². The van der Waals surface area contributed by atoms with E-state index >= 15 is 0 Å². The summed E-state index contributed by atoms with van der Waals surface area (Å²) in [5.41, 5.74) is 8.79. The highest BCUT2D eigenvalue weighted by Crippen LogP contribution is 2.47. The van der Waals surface area contributed by atoms with Crippen molar-refractivity contribution < 1.29 is 4.79 Å². The molecule has 4 unspecified atom stereocenters. The quantitative estimate of drug-likeness (QED) is 0.838. The number of carbonyl (C=O) groups is 1. The number of nitrogens with one attached hydrogen (secondary N) is 1. The molecule has 0 spiro atoms. The van der Waals surface area contributed by atoms with E-state index < -0.39 is 0 Å². The minimum atomic E-state index is 0.0326. The molecule has 2 saturated carbocycles.